The third-order valence-electron chi connectivity index (χ3n) is 27.5. The Balaban J connectivity index is 0.507. The second kappa shape index (κ2) is 50.1. The molecule has 4 fully saturated rings. The maximum absolute atomic E-state index is 14.9. The molecule has 756 valence electrons. The number of amides is 3. The number of benzene rings is 2. The first kappa shape index (κ1) is 106. The molecule has 2 aromatic carbocycles. The highest BCUT2D eigenvalue weighted by atomic mass is 16.6. The lowest BCUT2D eigenvalue weighted by molar-refractivity contribution is -0.265. The number of nitrogens with one attached hydrogen (secondary N) is 1. The summed E-state index contributed by atoms with van der Waals surface area (Å²) in [6, 6.07) is 9.50. The lowest BCUT2D eigenvalue weighted by atomic mass is 9.78. The van der Waals surface area contributed by atoms with Crippen LogP contribution in [0, 0.1) is 35.5 Å². The fraction of sp³-hybridized carbons (Fsp3) is 0.574. The van der Waals surface area contributed by atoms with Crippen molar-refractivity contribution >= 4 is 98.8 Å². The molecular weight excluding hydrogens is 1810 g/mol. The molecule has 7 aromatic rings. The van der Waals surface area contributed by atoms with Gasteiger partial charge in [-0.15, -0.1) is 0 Å². The van der Waals surface area contributed by atoms with E-state index in [1.54, 1.807) is 76.3 Å². The summed E-state index contributed by atoms with van der Waals surface area (Å²) in [5.74, 6) is -10.3. The number of aromatic nitrogens is 9. The number of carboxylic acid groups (broad SMARTS) is 1. The van der Waals surface area contributed by atoms with E-state index in [0.717, 1.165) is 27.2 Å². The summed E-state index contributed by atoms with van der Waals surface area (Å²) in [4.78, 5) is 163. The van der Waals surface area contributed by atoms with E-state index in [4.69, 9.17) is 68.4 Å². The summed E-state index contributed by atoms with van der Waals surface area (Å²) < 4.78 is 66.2. The number of esters is 2. The number of Topliss-reactive ketones (excluding diaryl/α,β-unsaturated/α-hetero) is 3. The number of rotatable bonds is 32. The zero-order valence-corrected chi connectivity index (χ0v) is 81.6. The van der Waals surface area contributed by atoms with E-state index >= 15 is 0 Å². The predicted molar refractivity (Wildman–Crippen MR) is 514 cm³/mol. The van der Waals surface area contributed by atoms with Crippen LogP contribution in [0.2, 0.25) is 0 Å². The summed E-state index contributed by atoms with van der Waals surface area (Å²) in [5, 5.41) is 42.7. The van der Waals surface area contributed by atoms with E-state index in [1.807, 2.05) is 78.9 Å². The molecule has 0 spiro atoms. The molecule has 39 heteroatoms. The fourth-order valence-electron chi connectivity index (χ4n) is 19.3. The van der Waals surface area contributed by atoms with Crippen LogP contribution in [-0.2, 0) is 112 Å². The Morgan fingerprint density at radius 2 is 1.45 bits per heavy atom. The highest BCUT2D eigenvalue weighted by Crippen LogP contribution is 2.41. The van der Waals surface area contributed by atoms with E-state index in [1.165, 1.54) is 31.4 Å². The van der Waals surface area contributed by atoms with Gasteiger partial charge in [0.25, 0.3) is 23.6 Å². The number of nitrogens with zero attached hydrogens (tertiary/aromatic N) is 13. The number of nitrogens with two attached hydrogens (primary N) is 2. The Morgan fingerprint density at radius 3 is 2.18 bits per heavy atom. The highest BCUT2D eigenvalue weighted by Gasteiger charge is 2.54. The Labute approximate surface area is 814 Å². The number of allylic oxidation sites excluding steroid dienone is 6. The van der Waals surface area contributed by atoms with Gasteiger partial charge in [-0.25, -0.2) is 44.2 Å². The molecule has 5 aromatic heterocycles. The number of aliphatic hydroxyl groups is 2. The topological polar surface area (TPSA) is 505 Å². The van der Waals surface area contributed by atoms with Crippen LogP contribution in [0.5, 0.6) is 0 Å². The van der Waals surface area contributed by atoms with E-state index in [2.05, 4.69) is 52.3 Å². The number of anilines is 4. The van der Waals surface area contributed by atoms with E-state index in [9.17, 15) is 58.5 Å². The average Bonchev–Trinajstić information content (AvgIpc) is 1.50. The van der Waals surface area contributed by atoms with Gasteiger partial charge in [-0.2, -0.15) is 10.1 Å². The van der Waals surface area contributed by atoms with Crippen LogP contribution in [0.15, 0.2) is 120 Å². The molecule has 5 aliphatic heterocycles. The van der Waals surface area contributed by atoms with E-state index < -0.39 is 120 Å². The van der Waals surface area contributed by atoms with Crippen molar-refractivity contribution in [3.05, 3.63) is 143 Å². The van der Waals surface area contributed by atoms with Crippen LogP contribution in [0.1, 0.15) is 171 Å². The highest BCUT2D eigenvalue weighted by molar-refractivity contribution is 6.39. The SMILES string of the molecule is CO[C@H]1C[C@@H]2CC[C@@H](C)[C@@](O)(O2)C(=O)C(=O)N2CCCC[C@H]2C(=O)O[C@H]([C@H](C)C[C@@H]2CC[C@@H](OC(=O)CCc3cnc(N4CCN(c5ncc(C(=O)NCCOCCOCCOCCOCCC(=O)N6CCc7cc(Cn8nc(-c9ccc%10oc(N)nc%10c9)c9c(N)ncnc98)ccc7C6)cn5)[C@@H](C(=O)O)C4)nc3)[C@H](OC)C2)CC(=O)[C@H](C)/C=C(\C)[C@@H](O)[C@@H](OC)C(=O)[C@H](C)C[C@H](C)/C=C/C=C/C=C/1C. The first-order valence-corrected chi connectivity index (χ1v) is 48.6. The van der Waals surface area contributed by atoms with Gasteiger partial charge < -0.3 is 103 Å². The molecule has 13 rings (SSSR count). The first-order valence-electron chi connectivity index (χ1n) is 48.6. The molecule has 1 saturated carbocycles. The predicted octanol–water partition coefficient (Wildman–Crippen LogP) is 8.66. The van der Waals surface area contributed by atoms with Crippen molar-refractivity contribution in [2.24, 2.45) is 35.5 Å². The normalized spacial score (nSPS) is 26.7. The molecule has 6 aliphatic rings. The number of piperazine rings is 1. The van der Waals surface area contributed by atoms with E-state index in [0.29, 0.717) is 168 Å². The number of hydrogen-bond donors (Lipinski definition) is 6. The Morgan fingerprint density at radius 1 is 0.714 bits per heavy atom. The number of carbonyl (C=O) groups excluding carboxylic acids is 8. The summed E-state index contributed by atoms with van der Waals surface area (Å²) >= 11 is 0. The third-order valence-corrected chi connectivity index (χ3v) is 27.5. The van der Waals surface area contributed by atoms with Crippen LogP contribution in [-0.4, -0.2) is 297 Å². The van der Waals surface area contributed by atoms with Gasteiger partial charge in [-0.1, -0.05) is 89.3 Å². The number of ketones is 3. The number of carbonyl (C=O) groups is 9. The van der Waals surface area contributed by atoms with Crippen molar-refractivity contribution in [1.29, 1.82) is 0 Å². The number of aliphatic hydroxyl groups excluding tert-OH is 1. The molecule has 3 saturated heterocycles. The number of methoxy groups -OCH3 is 3. The minimum atomic E-state index is -2.51. The average molecular weight is 1940 g/mol. The Hall–Kier alpha value is -11.8. The number of piperidine rings is 1. The lowest BCUT2D eigenvalue weighted by Gasteiger charge is -2.42. The van der Waals surface area contributed by atoms with Crippen molar-refractivity contribution in [1.82, 2.24) is 59.8 Å². The van der Waals surface area contributed by atoms with Crippen molar-refractivity contribution in [3.63, 3.8) is 0 Å². The number of oxazole rings is 1. The Bertz CT molecular complexity index is 5580. The molecule has 0 radical (unpaired) electrons. The molecule has 16 atom stereocenters. The number of aryl methyl sites for hydroxylation is 1. The summed E-state index contributed by atoms with van der Waals surface area (Å²) in [5.41, 5.74) is 20.6. The van der Waals surface area contributed by atoms with Crippen LogP contribution < -0.4 is 26.6 Å². The van der Waals surface area contributed by atoms with Crippen molar-refractivity contribution < 1.29 is 110 Å². The molecule has 39 nitrogen and oxygen atoms in total. The van der Waals surface area contributed by atoms with Gasteiger partial charge in [0, 0.05) is 128 Å². The van der Waals surface area contributed by atoms with Crippen molar-refractivity contribution in [3.8, 4) is 11.3 Å². The zero-order valence-electron chi connectivity index (χ0n) is 81.6. The first-order chi connectivity index (χ1) is 67.4. The standard InChI is InChI=1S/C101H134N16O23/c1-60-16-12-11-13-17-61(2)81(130-8)50-74-25-19-66(7)101(129,140-74)91(123)95(125)115-32-15-14-18-76(115)97(128)138-82(51-78(118)62(3)45-65(6)89(122)90(132-10)88(121)64(5)44-60)63(4)46-67-21-26-80(83(48-67)131-9)137-85(120)28-22-69-52-105-99(106-53-69)114-34-35-116(77(58-114)96(126)127)100-107-54-73(55-108-100)94(124)104-31-37-134-39-41-136-43-42-135-40-38-133-36-30-84(119)113-33-29-70-47-68(20-23-72(70)57-113)56-117-93-86(92(102)109-59-110-93)87(112-117)71-24-27-79-75(49-71)111-98(103)139-79/h11-13,16-17,20,23-24,27,45,47,49,52-55,59-60,62-64,66-67,74,76-77,80-83,89-90,122,129H,14-15,18-19,21-22,25-26,28-44,46,48,50-51,56-58H2,1-10H3,(H2,103,111)(H,104,124)(H,126,127)(H2,102,109,110)/b13-11+,16-12+,61-17+,65-45+/t60-,62-,63-,64-,66-,67+,74+,76+,77-,80-,81+,82+,83-,89-,90+,101-/m1/s1. The smallest absolute Gasteiger partial charge is 0.329 e. The van der Waals surface area contributed by atoms with Crippen molar-refractivity contribution in [2.45, 2.75) is 225 Å². The summed E-state index contributed by atoms with van der Waals surface area (Å²) in [7, 11) is 4.46. The largest absolute Gasteiger partial charge is 0.480 e. The zero-order chi connectivity index (χ0) is 99.8. The van der Waals surface area contributed by atoms with Crippen LogP contribution >= 0.6 is 0 Å². The number of aliphatic carboxylic acids is 1. The molecule has 8 N–H and O–H groups in total. The van der Waals surface area contributed by atoms with Crippen LogP contribution in [0.3, 0.4) is 0 Å². The number of nitrogen functional groups attached to an aromatic ring is 2. The number of ether oxygens (including phenoxy) is 10. The molecule has 10 heterocycles. The molecule has 140 heavy (non-hydrogen) atoms. The number of hydrogen-bond acceptors (Lipinski definition) is 34. The monoisotopic (exact) mass is 1940 g/mol. The number of carboxylic acids is 1. The third kappa shape index (κ3) is 27.3. The minimum Gasteiger partial charge on any atom is -0.480 e. The van der Waals surface area contributed by atoms with Gasteiger partial charge in [0.1, 0.15) is 65.6 Å². The maximum Gasteiger partial charge on any atom is 0.329 e. The molecule has 2 bridgehead atoms. The van der Waals surface area contributed by atoms with Crippen LogP contribution in [0.4, 0.5) is 23.7 Å². The lowest BCUT2D eigenvalue weighted by Crippen LogP contribution is -2.61. The molecule has 0 unspecified atom stereocenters. The second-order valence-electron chi connectivity index (χ2n) is 37.5. The van der Waals surface area contributed by atoms with Gasteiger partial charge in [0.05, 0.1) is 102 Å². The minimum absolute atomic E-state index is 0.0138. The van der Waals surface area contributed by atoms with Gasteiger partial charge in [-0.3, -0.25) is 33.6 Å². The van der Waals surface area contributed by atoms with Crippen molar-refractivity contribution in [2.75, 3.05) is 135 Å². The molecule has 1 aliphatic carbocycles. The summed E-state index contributed by atoms with van der Waals surface area (Å²) in [6.45, 7) is 17.0. The van der Waals surface area contributed by atoms with Gasteiger partial charge in [0.2, 0.25) is 23.6 Å². The second-order valence-corrected chi connectivity index (χ2v) is 37.5. The van der Waals surface area contributed by atoms with E-state index in [-0.39, 0.29) is 137 Å². The summed E-state index contributed by atoms with van der Waals surface area (Å²) in [6.07, 6.45) is 17.8. The van der Waals surface area contributed by atoms with Gasteiger partial charge in [-0.05, 0) is 160 Å². The maximum atomic E-state index is 14.9. The van der Waals surface area contributed by atoms with Gasteiger partial charge >= 0.3 is 17.9 Å². The molecular formula is C101H134N16O23. The van der Waals surface area contributed by atoms with Gasteiger partial charge in [0.15, 0.2) is 17.0 Å². The van der Waals surface area contributed by atoms with Crippen LogP contribution in [0.25, 0.3) is 33.4 Å². The fourth-order valence-corrected chi connectivity index (χ4v) is 19.3. The number of cyclic esters (lactones) is 1. The number of fused-ring (bicyclic) bond motifs is 6. The molecule has 3 amide bonds. The quantitative estimate of drug-likeness (QED) is 0.00993. The Kier molecular flexibility index (Phi) is 37.7.